The van der Waals surface area contributed by atoms with Crippen LogP contribution in [0.2, 0.25) is 5.02 Å². The van der Waals surface area contributed by atoms with Gasteiger partial charge in [-0.3, -0.25) is 4.79 Å². The van der Waals surface area contributed by atoms with Gasteiger partial charge in [-0.2, -0.15) is 13.2 Å². The summed E-state index contributed by atoms with van der Waals surface area (Å²) in [6, 6.07) is 9.06. The van der Waals surface area contributed by atoms with E-state index >= 15 is 0 Å². The monoisotopic (exact) mass is 362 g/mol. The van der Waals surface area contributed by atoms with Crippen LogP contribution in [-0.4, -0.2) is 5.78 Å². The van der Waals surface area contributed by atoms with E-state index in [2.05, 4.69) is 15.9 Å². The minimum atomic E-state index is -4.59. The lowest BCUT2D eigenvalue weighted by Crippen LogP contribution is -2.14. The molecule has 2 aromatic rings. The summed E-state index contributed by atoms with van der Waals surface area (Å²) in [5.41, 5.74) is -1.27. The number of halogens is 5. The number of ketones is 1. The zero-order valence-electron chi connectivity index (χ0n) is 9.84. The Kier molecular flexibility index (Phi) is 4.20. The van der Waals surface area contributed by atoms with Crippen LogP contribution in [0.15, 0.2) is 46.9 Å². The molecule has 1 nitrogen and oxygen atoms in total. The van der Waals surface area contributed by atoms with Gasteiger partial charge in [0, 0.05) is 20.6 Å². The van der Waals surface area contributed by atoms with Gasteiger partial charge in [0.1, 0.15) is 0 Å². The molecule has 0 saturated heterocycles. The van der Waals surface area contributed by atoms with Crippen molar-refractivity contribution in [2.45, 2.75) is 6.18 Å². The Morgan fingerprint density at radius 2 is 1.70 bits per heavy atom. The van der Waals surface area contributed by atoms with E-state index in [9.17, 15) is 18.0 Å². The van der Waals surface area contributed by atoms with Crippen LogP contribution < -0.4 is 0 Å². The van der Waals surface area contributed by atoms with Crippen LogP contribution in [0.4, 0.5) is 13.2 Å². The topological polar surface area (TPSA) is 17.1 Å². The van der Waals surface area contributed by atoms with Crippen molar-refractivity contribution >= 4 is 33.3 Å². The fraction of sp³-hybridized carbons (Fsp3) is 0.0714. The summed E-state index contributed by atoms with van der Waals surface area (Å²) in [6.07, 6.45) is -4.59. The van der Waals surface area contributed by atoms with Crippen LogP contribution in [0, 0.1) is 0 Å². The fourth-order valence-corrected chi connectivity index (χ4v) is 2.34. The summed E-state index contributed by atoms with van der Waals surface area (Å²) in [5.74, 6) is -0.729. The summed E-state index contributed by atoms with van der Waals surface area (Å²) in [6.45, 7) is 0. The molecular weight excluding hydrogens is 357 g/mol. The first-order chi connectivity index (χ1) is 9.30. The Hall–Kier alpha value is -1.33. The van der Waals surface area contributed by atoms with Crippen molar-refractivity contribution in [1.82, 2.24) is 0 Å². The molecule has 0 atom stereocenters. The van der Waals surface area contributed by atoms with E-state index in [4.69, 9.17) is 11.6 Å². The molecular formula is C14H7BrClF3O. The first kappa shape index (κ1) is 15.1. The minimum Gasteiger partial charge on any atom is -0.289 e. The van der Waals surface area contributed by atoms with Crippen molar-refractivity contribution in [1.29, 1.82) is 0 Å². The number of hydrogen-bond donors (Lipinski definition) is 0. The predicted molar refractivity (Wildman–Crippen MR) is 74.0 cm³/mol. The average molecular weight is 364 g/mol. The standard InChI is InChI=1S/C14H7BrClF3O/c15-12-6-5-8(16)7-10(12)13(20)9-3-1-2-4-11(9)14(17,18)19/h1-7H. The molecule has 2 rings (SSSR count). The van der Waals surface area contributed by atoms with Crippen molar-refractivity contribution in [2.75, 3.05) is 0 Å². The van der Waals surface area contributed by atoms with Crippen molar-refractivity contribution in [3.63, 3.8) is 0 Å². The normalized spacial score (nSPS) is 11.4. The molecule has 0 fully saturated rings. The molecule has 0 amide bonds. The predicted octanol–water partition coefficient (Wildman–Crippen LogP) is 5.35. The van der Waals surface area contributed by atoms with Gasteiger partial charge >= 0.3 is 6.18 Å². The quantitative estimate of drug-likeness (QED) is 0.657. The highest BCUT2D eigenvalue weighted by Crippen LogP contribution is 2.34. The maximum Gasteiger partial charge on any atom is 0.417 e. The number of carbonyl (C=O) groups excluding carboxylic acids is 1. The number of rotatable bonds is 2. The molecule has 0 aliphatic carbocycles. The van der Waals surface area contributed by atoms with E-state index in [1.807, 2.05) is 0 Å². The third-order valence-corrected chi connectivity index (χ3v) is 3.58. The lowest BCUT2D eigenvalue weighted by atomic mass is 9.98. The van der Waals surface area contributed by atoms with E-state index in [0.717, 1.165) is 12.1 Å². The molecule has 0 aliphatic heterocycles. The molecule has 0 saturated carbocycles. The molecule has 0 aromatic heterocycles. The van der Waals surface area contributed by atoms with Crippen LogP contribution in [0.5, 0.6) is 0 Å². The maximum atomic E-state index is 12.9. The van der Waals surface area contributed by atoms with Gasteiger partial charge in [-0.1, -0.05) is 45.7 Å². The summed E-state index contributed by atoms with van der Waals surface area (Å²) < 4.78 is 39.1. The number of hydrogen-bond acceptors (Lipinski definition) is 1. The molecule has 0 radical (unpaired) electrons. The Balaban J connectivity index is 2.57. The van der Waals surface area contributed by atoms with Crippen LogP contribution in [0.1, 0.15) is 21.5 Å². The van der Waals surface area contributed by atoms with Crippen molar-refractivity contribution in [2.24, 2.45) is 0 Å². The molecule has 0 N–H and O–H groups in total. The van der Waals surface area contributed by atoms with Gasteiger partial charge in [-0.25, -0.2) is 0 Å². The fourth-order valence-electron chi connectivity index (χ4n) is 1.74. The van der Waals surface area contributed by atoms with Gasteiger partial charge in [0.25, 0.3) is 0 Å². The van der Waals surface area contributed by atoms with Gasteiger partial charge < -0.3 is 0 Å². The molecule has 0 aliphatic rings. The molecule has 2 aromatic carbocycles. The molecule has 0 spiro atoms. The second kappa shape index (κ2) is 5.58. The van der Waals surface area contributed by atoms with E-state index < -0.39 is 23.1 Å². The highest BCUT2D eigenvalue weighted by Gasteiger charge is 2.35. The minimum absolute atomic E-state index is 0.0919. The second-order valence-electron chi connectivity index (χ2n) is 4.00. The van der Waals surface area contributed by atoms with E-state index in [0.29, 0.717) is 4.47 Å². The van der Waals surface area contributed by atoms with Crippen LogP contribution >= 0.6 is 27.5 Å². The van der Waals surface area contributed by atoms with Crippen LogP contribution in [0.3, 0.4) is 0 Å². The summed E-state index contributed by atoms with van der Waals surface area (Å²) in [7, 11) is 0. The lowest BCUT2D eigenvalue weighted by Gasteiger charge is -2.12. The molecule has 104 valence electrons. The third-order valence-electron chi connectivity index (χ3n) is 2.65. The Morgan fingerprint density at radius 1 is 1.05 bits per heavy atom. The van der Waals surface area contributed by atoms with E-state index in [1.54, 1.807) is 0 Å². The molecule has 6 heteroatoms. The van der Waals surface area contributed by atoms with Crippen LogP contribution in [0.25, 0.3) is 0 Å². The Morgan fingerprint density at radius 3 is 2.35 bits per heavy atom. The van der Waals surface area contributed by atoms with Gasteiger partial charge in [-0.05, 0) is 24.3 Å². The highest BCUT2D eigenvalue weighted by atomic mass is 79.9. The Labute approximate surface area is 126 Å². The SMILES string of the molecule is O=C(c1cc(Cl)ccc1Br)c1ccccc1C(F)(F)F. The van der Waals surface area contributed by atoms with Gasteiger partial charge in [0.15, 0.2) is 5.78 Å². The van der Waals surface area contributed by atoms with E-state index in [-0.39, 0.29) is 10.6 Å². The zero-order chi connectivity index (χ0) is 14.9. The molecule has 0 unspecified atom stereocenters. The number of benzene rings is 2. The Bertz CT molecular complexity index is 668. The maximum absolute atomic E-state index is 12.9. The van der Waals surface area contributed by atoms with Crippen molar-refractivity contribution in [3.8, 4) is 0 Å². The third kappa shape index (κ3) is 3.04. The summed E-state index contributed by atoms with van der Waals surface area (Å²) >= 11 is 8.93. The van der Waals surface area contributed by atoms with Crippen molar-refractivity contribution < 1.29 is 18.0 Å². The first-order valence-electron chi connectivity index (χ1n) is 5.46. The molecule has 20 heavy (non-hydrogen) atoms. The van der Waals surface area contributed by atoms with E-state index in [1.165, 1.54) is 30.3 Å². The summed E-state index contributed by atoms with van der Waals surface area (Å²) in [5, 5.41) is 0.279. The van der Waals surface area contributed by atoms with Crippen molar-refractivity contribution in [3.05, 3.63) is 68.7 Å². The number of alkyl halides is 3. The zero-order valence-corrected chi connectivity index (χ0v) is 12.2. The molecule has 0 bridgehead atoms. The highest BCUT2D eigenvalue weighted by molar-refractivity contribution is 9.10. The van der Waals surface area contributed by atoms with Gasteiger partial charge in [0.2, 0.25) is 0 Å². The number of carbonyl (C=O) groups is 1. The summed E-state index contributed by atoms with van der Waals surface area (Å²) in [4.78, 5) is 12.3. The second-order valence-corrected chi connectivity index (χ2v) is 5.29. The van der Waals surface area contributed by atoms with Gasteiger partial charge in [-0.15, -0.1) is 0 Å². The largest absolute Gasteiger partial charge is 0.417 e. The molecule has 0 heterocycles. The average Bonchev–Trinajstić information content (AvgIpc) is 2.40. The smallest absolute Gasteiger partial charge is 0.289 e. The van der Waals surface area contributed by atoms with Crippen LogP contribution in [-0.2, 0) is 6.18 Å². The van der Waals surface area contributed by atoms with Gasteiger partial charge in [0.05, 0.1) is 5.56 Å². The first-order valence-corrected chi connectivity index (χ1v) is 6.64. The lowest BCUT2D eigenvalue weighted by molar-refractivity contribution is -0.137.